The first-order valence-corrected chi connectivity index (χ1v) is 6.50. The van der Waals surface area contributed by atoms with E-state index in [9.17, 15) is 0 Å². The minimum absolute atomic E-state index is 0.164. The van der Waals surface area contributed by atoms with E-state index in [0.717, 1.165) is 18.8 Å². The largest absolute Gasteiger partial charge is 0.336 e. The molecule has 0 aliphatic rings. The van der Waals surface area contributed by atoms with Crippen molar-refractivity contribution in [2.45, 2.75) is 39.9 Å². The van der Waals surface area contributed by atoms with E-state index in [0.29, 0.717) is 6.04 Å². The summed E-state index contributed by atoms with van der Waals surface area (Å²) in [7, 11) is 0. The Morgan fingerprint density at radius 1 is 1.26 bits per heavy atom. The molecule has 2 aromatic rings. The van der Waals surface area contributed by atoms with Crippen LogP contribution >= 0.6 is 0 Å². The number of hydrogen-bond donors (Lipinski definition) is 1. The molecule has 102 valence electrons. The van der Waals surface area contributed by atoms with Crippen LogP contribution in [0.15, 0.2) is 37.3 Å². The Bertz CT molecular complexity index is 472. The van der Waals surface area contributed by atoms with Gasteiger partial charge in [0, 0.05) is 37.7 Å². The Morgan fingerprint density at radius 2 is 2.11 bits per heavy atom. The first-order valence-electron chi connectivity index (χ1n) is 6.50. The minimum atomic E-state index is 0.164. The molecule has 1 unspecified atom stereocenters. The predicted molar refractivity (Wildman–Crippen MR) is 74.3 cm³/mol. The molecule has 1 N–H and O–H groups in total. The highest BCUT2D eigenvalue weighted by Crippen LogP contribution is 2.21. The molecule has 0 amide bonds. The molecule has 1 atom stereocenters. The van der Waals surface area contributed by atoms with E-state index in [2.05, 4.69) is 45.6 Å². The predicted octanol–water partition coefficient (Wildman–Crippen LogP) is 1.88. The van der Waals surface area contributed by atoms with Gasteiger partial charge in [-0.15, -0.1) is 0 Å². The monoisotopic (exact) mass is 259 g/mol. The van der Waals surface area contributed by atoms with Crippen molar-refractivity contribution in [1.29, 1.82) is 0 Å². The summed E-state index contributed by atoms with van der Waals surface area (Å²) in [6.45, 7) is 8.36. The molecular weight excluding hydrogens is 238 g/mol. The highest BCUT2D eigenvalue weighted by molar-refractivity contribution is 4.98. The third kappa shape index (κ3) is 4.13. The molecule has 5 nitrogen and oxygen atoms in total. The van der Waals surface area contributed by atoms with Crippen molar-refractivity contribution in [3.63, 3.8) is 0 Å². The summed E-state index contributed by atoms with van der Waals surface area (Å²) in [5, 5.41) is 3.58. The molecule has 0 spiro atoms. The van der Waals surface area contributed by atoms with Crippen molar-refractivity contribution in [3.8, 4) is 0 Å². The summed E-state index contributed by atoms with van der Waals surface area (Å²) in [6.07, 6.45) is 9.01. The SMILES string of the molecule is CC(C)(C)C(Cn1ccnc1)NCc1ccncn1. The molecule has 2 heterocycles. The zero-order valence-corrected chi connectivity index (χ0v) is 11.7. The van der Waals surface area contributed by atoms with E-state index in [4.69, 9.17) is 0 Å². The van der Waals surface area contributed by atoms with Crippen molar-refractivity contribution in [2.24, 2.45) is 5.41 Å². The number of hydrogen-bond acceptors (Lipinski definition) is 4. The fraction of sp³-hybridized carbons (Fsp3) is 0.500. The lowest BCUT2D eigenvalue weighted by molar-refractivity contribution is 0.239. The third-order valence-electron chi connectivity index (χ3n) is 3.17. The number of nitrogens with zero attached hydrogens (tertiary/aromatic N) is 4. The van der Waals surface area contributed by atoms with Gasteiger partial charge in [0.05, 0.1) is 12.0 Å². The maximum atomic E-state index is 4.24. The lowest BCUT2D eigenvalue weighted by Gasteiger charge is -2.32. The Labute approximate surface area is 114 Å². The Balaban J connectivity index is 1.99. The summed E-state index contributed by atoms with van der Waals surface area (Å²) in [5.74, 6) is 0. The number of imidazole rings is 1. The lowest BCUT2D eigenvalue weighted by Crippen LogP contribution is -2.43. The minimum Gasteiger partial charge on any atom is -0.336 e. The van der Waals surface area contributed by atoms with Crippen LogP contribution in [0.1, 0.15) is 26.5 Å². The van der Waals surface area contributed by atoms with Crippen molar-refractivity contribution >= 4 is 0 Å². The van der Waals surface area contributed by atoms with Crippen molar-refractivity contribution in [3.05, 3.63) is 43.0 Å². The van der Waals surface area contributed by atoms with Gasteiger partial charge in [0.25, 0.3) is 0 Å². The van der Waals surface area contributed by atoms with Crippen molar-refractivity contribution in [2.75, 3.05) is 0 Å². The van der Waals surface area contributed by atoms with Gasteiger partial charge in [-0.2, -0.15) is 0 Å². The van der Waals surface area contributed by atoms with Crippen LogP contribution < -0.4 is 5.32 Å². The van der Waals surface area contributed by atoms with E-state index >= 15 is 0 Å². The van der Waals surface area contributed by atoms with Gasteiger partial charge in [-0.25, -0.2) is 15.0 Å². The molecule has 0 aliphatic heterocycles. The van der Waals surface area contributed by atoms with Gasteiger partial charge in [0.1, 0.15) is 6.33 Å². The maximum absolute atomic E-state index is 4.24. The van der Waals surface area contributed by atoms with Gasteiger partial charge in [-0.1, -0.05) is 20.8 Å². The van der Waals surface area contributed by atoms with E-state index in [-0.39, 0.29) is 5.41 Å². The standard InChI is InChI=1S/C14H21N5/c1-14(2,3)13(9-19-7-6-16-11-19)17-8-12-4-5-15-10-18-12/h4-7,10-11,13,17H,8-9H2,1-3H3. The molecule has 0 saturated heterocycles. The van der Waals surface area contributed by atoms with E-state index in [1.54, 1.807) is 12.5 Å². The van der Waals surface area contributed by atoms with Crippen LogP contribution in [0, 0.1) is 5.41 Å². The topological polar surface area (TPSA) is 55.6 Å². The average molecular weight is 259 g/mol. The van der Waals surface area contributed by atoms with Crippen LogP contribution in [0.5, 0.6) is 0 Å². The van der Waals surface area contributed by atoms with Gasteiger partial charge in [0.15, 0.2) is 0 Å². The molecule has 5 heteroatoms. The van der Waals surface area contributed by atoms with E-state index < -0.39 is 0 Å². The Hall–Kier alpha value is -1.75. The molecule has 0 aromatic carbocycles. The second-order valence-electron chi connectivity index (χ2n) is 5.76. The molecule has 0 aliphatic carbocycles. The molecular formula is C14H21N5. The van der Waals surface area contributed by atoms with Gasteiger partial charge >= 0.3 is 0 Å². The van der Waals surface area contributed by atoms with Gasteiger partial charge in [0.2, 0.25) is 0 Å². The van der Waals surface area contributed by atoms with Crippen molar-refractivity contribution in [1.82, 2.24) is 24.8 Å². The van der Waals surface area contributed by atoms with E-state index in [1.165, 1.54) is 0 Å². The first kappa shape index (κ1) is 13.7. The van der Waals surface area contributed by atoms with Crippen LogP contribution in [-0.2, 0) is 13.1 Å². The summed E-state index contributed by atoms with van der Waals surface area (Å²) < 4.78 is 2.10. The van der Waals surface area contributed by atoms with Crippen LogP contribution in [0.2, 0.25) is 0 Å². The third-order valence-corrected chi connectivity index (χ3v) is 3.17. The number of nitrogens with one attached hydrogen (secondary N) is 1. The average Bonchev–Trinajstić information content (AvgIpc) is 2.87. The van der Waals surface area contributed by atoms with Gasteiger partial charge in [-0.05, 0) is 11.5 Å². The van der Waals surface area contributed by atoms with Crippen LogP contribution in [-0.4, -0.2) is 25.6 Å². The first-order chi connectivity index (χ1) is 9.05. The smallest absolute Gasteiger partial charge is 0.115 e. The quantitative estimate of drug-likeness (QED) is 0.890. The normalized spacial score (nSPS) is 13.4. The number of rotatable bonds is 5. The molecule has 0 fully saturated rings. The molecule has 0 saturated carbocycles. The second kappa shape index (κ2) is 5.93. The second-order valence-corrected chi connectivity index (χ2v) is 5.76. The van der Waals surface area contributed by atoms with Gasteiger partial charge in [-0.3, -0.25) is 0 Å². The lowest BCUT2D eigenvalue weighted by atomic mass is 9.86. The Kier molecular flexibility index (Phi) is 4.27. The van der Waals surface area contributed by atoms with E-state index in [1.807, 2.05) is 24.8 Å². The molecule has 2 rings (SSSR count). The fourth-order valence-electron chi connectivity index (χ4n) is 1.90. The molecule has 0 radical (unpaired) electrons. The fourth-order valence-corrected chi connectivity index (χ4v) is 1.90. The molecule has 2 aromatic heterocycles. The highest BCUT2D eigenvalue weighted by Gasteiger charge is 2.24. The van der Waals surface area contributed by atoms with Crippen LogP contribution in [0.4, 0.5) is 0 Å². The summed E-state index contributed by atoms with van der Waals surface area (Å²) in [6, 6.07) is 2.28. The zero-order valence-electron chi connectivity index (χ0n) is 11.7. The summed E-state index contributed by atoms with van der Waals surface area (Å²) in [5.41, 5.74) is 1.17. The van der Waals surface area contributed by atoms with Crippen LogP contribution in [0.3, 0.4) is 0 Å². The zero-order chi connectivity index (χ0) is 13.7. The van der Waals surface area contributed by atoms with Crippen molar-refractivity contribution < 1.29 is 0 Å². The maximum Gasteiger partial charge on any atom is 0.115 e. The summed E-state index contributed by atoms with van der Waals surface area (Å²) in [4.78, 5) is 12.3. The molecule has 0 bridgehead atoms. The number of aromatic nitrogens is 4. The molecule has 19 heavy (non-hydrogen) atoms. The Morgan fingerprint density at radius 3 is 2.68 bits per heavy atom. The van der Waals surface area contributed by atoms with Gasteiger partial charge < -0.3 is 9.88 Å². The highest BCUT2D eigenvalue weighted by atomic mass is 15.1. The van der Waals surface area contributed by atoms with Crippen LogP contribution in [0.25, 0.3) is 0 Å². The summed E-state index contributed by atoms with van der Waals surface area (Å²) >= 11 is 0.